The van der Waals surface area contributed by atoms with Crippen LogP contribution in [0.3, 0.4) is 0 Å². The van der Waals surface area contributed by atoms with Crippen LogP contribution in [0.4, 0.5) is 0 Å². The third kappa shape index (κ3) is 2.38. The summed E-state index contributed by atoms with van der Waals surface area (Å²) < 4.78 is 7.40. The molecule has 0 bridgehead atoms. The van der Waals surface area contributed by atoms with Crippen LogP contribution < -0.4 is 0 Å². The van der Waals surface area contributed by atoms with Crippen molar-refractivity contribution in [2.45, 2.75) is 32.6 Å². The highest BCUT2D eigenvalue weighted by molar-refractivity contribution is 5.18. The molecule has 0 aliphatic rings. The molecule has 0 heterocycles. The maximum Gasteiger partial charge on any atom is 0.0237 e. The smallest absolute Gasteiger partial charge is 0.0237 e. The van der Waals surface area contributed by atoms with E-state index in [1.54, 1.807) is 0 Å². The summed E-state index contributed by atoms with van der Waals surface area (Å²) in [5.41, 5.74) is 1.31. The van der Waals surface area contributed by atoms with Crippen LogP contribution in [0.25, 0.3) is 0 Å². The molecule has 1 aromatic carbocycles. The minimum Gasteiger partial charge on any atom is -0.0654 e. The monoisotopic (exact) mass is 149 g/mol. The molecular weight excluding hydrogens is 132 g/mol. The fourth-order valence-electron chi connectivity index (χ4n) is 1.24. The molecule has 11 heavy (non-hydrogen) atoms. The Morgan fingerprint density at radius 2 is 2.09 bits per heavy atom. The molecular formula is C11H16. The van der Waals surface area contributed by atoms with Crippen molar-refractivity contribution in [3.63, 3.8) is 0 Å². The van der Waals surface area contributed by atoms with Crippen LogP contribution in [0, 0.1) is 0 Å². The molecule has 0 radical (unpaired) electrons. The highest BCUT2D eigenvalue weighted by Crippen LogP contribution is 2.19. The van der Waals surface area contributed by atoms with E-state index in [-0.39, 0.29) is 0 Å². The SMILES string of the molecule is [2H]CC(CCC)c1ccccc1. The second kappa shape index (κ2) is 4.17. The molecule has 0 aromatic heterocycles. The summed E-state index contributed by atoms with van der Waals surface area (Å²) in [6, 6.07) is 10.4. The standard InChI is InChI=1S/C11H16/c1-3-7-10(2)11-8-5-4-6-9-11/h4-6,8-10H,3,7H2,1-2H3/i2D. The van der Waals surface area contributed by atoms with Gasteiger partial charge in [0.2, 0.25) is 0 Å². The normalized spacial score (nSPS) is 14.1. The number of rotatable bonds is 3. The fourth-order valence-corrected chi connectivity index (χ4v) is 1.24. The molecule has 0 saturated carbocycles. The Hall–Kier alpha value is -0.780. The lowest BCUT2D eigenvalue weighted by Gasteiger charge is -2.08. The van der Waals surface area contributed by atoms with Gasteiger partial charge >= 0.3 is 0 Å². The van der Waals surface area contributed by atoms with Crippen molar-refractivity contribution in [1.29, 1.82) is 0 Å². The first-order valence-corrected chi connectivity index (χ1v) is 4.22. The average molecular weight is 149 g/mol. The first-order chi connectivity index (χ1) is 5.88. The topological polar surface area (TPSA) is 0 Å². The molecule has 0 nitrogen and oxygen atoms in total. The maximum absolute atomic E-state index is 7.40. The average Bonchev–Trinajstić information content (AvgIpc) is 2.15. The highest BCUT2D eigenvalue weighted by Gasteiger charge is 2.01. The number of hydrogen-bond acceptors (Lipinski definition) is 0. The molecule has 0 fully saturated rings. The number of hydrogen-bond donors (Lipinski definition) is 0. The second-order valence-corrected chi connectivity index (χ2v) is 2.90. The molecule has 0 saturated heterocycles. The summed E-state index contributed by atoms with van der Waals surface area (Å²) in [4.78, 5) is 0. The Kier molecular flexibility index (Phi) is 2.62. The molecule has 1 unspecified atom stereocenters. The van der Waals surface area contributed by atoms with Gasteiger partial charge in [-0.3, -0.25) is 0 Å². The molecule has 0 spiro atoms. The predicted molar refractivity (Wildman–Crippen MR) is 49.8 cm³/mol. The van der Waals surface area contributed by atoms with Crippen molar-refractivity contribution in [2.24, 2.45) is 0 Å². The molecule has 1 aromatic rings. The molecule has 0 aliphatic heterocycles. The lowest BCUT2D eigenvalue weighted by atomic mass is 9.97. The Bertz CT molecular complexity index is 206. The minimum absolute atomic E-state index is 0.441. The Morgan fingerprint density at radius 3 is 2.64 bits per heavy atom. The van der Waals surface area contributed by atoms with Gasteiger partial charge < -0.3 is 0 Å². The summed E-state index contributed by atoms with van der Waals surface area (Å²) in [5, 5.41) is 0. The van der Waals surface area contributed by atoms with Gasteiger partial charge in [-0.25, -0.2) is 0 Å². The van der Waals surface area contributed by atoms with Gasteiger partial charge in [-0.05, 0) is 17.9 Å². The number of benzene rings is 1. The molecule has 0 aliphatic carbocycles. The van der Waals surface area contributed by atoms with E-state index in [1.807, 2.05) is 18.2 Å². The van der Waals surface area contributed by atoms with Crippen LogP contribution in [0.1, 0.15) is 39.5 Å². The van der Waals surface area contributed by atoms with E-state index >= 15 is 0 Å². The van der Waals surface area contributed by atoms with Gasteiger partial charge in [-0.1, -0.05) is 50.6 Å². The molecule has 60 valence electrons. The van der Waals surface area contributed by atoms with Crippen LogP contribution in [-0.2, 0) is 0 Å². The highest BCUT2D eigenvalue weighted by atomic mass is 14.1. The van der Waals surface area contributed by atoms with Gasteiger partial charge in [0.25, 0.3) is 0 Å². The van der Waals surface area contributed by atoms with Crippen molar-refractivity contribution >= 4 is 0 Å². The van der Waals surface area contributed by atoms with E-state index in [9.17, 15) is 0 Å². The van der Waals surface area contributed by atoms with E-state index < -0.39 is 0 Å². The third-order valence-corrected chi connectivity index (χ3v) is 1.91. The van der Waals surface area contributed by atoms with E-state index in [0.29, 0.717) is 12.8 Å². The summed E-state index contributed by atoms with van der Waals surface area (Å²) in [6.45, 7) is 2.68. The largest absolute Gasteiger partial charge is 0.0654 e. The van der Waals surface area contributed by atoms with Gasteiger partial charge in [0.05, 0.1) is 0 Å². The Labute approximate surface area is 70.7 Å². The van der Waals surface area contributed by atoms with Gasteiger partial charge in [-0.15, -0.1) is 0 Å². The summed E-state index contributed by atoms with van der Waals surface area (Å²) in [6.07, 6.45) is 2.30. The first-order valence-electron chi connectivity index (χ1n) is 4.93. The van der Waals surface area contributed by atoms with Crippen LogP contribution in [0.5, 0.6) is 0 Å². The van der Waals surface area contributed by atoms with E-state index in [0.717, 1.165) is 6.42 Å². The van der Waals surface area contributed by atoms with Gasteiger partial charge in [-0.2, -0.15) is 0 Å². The summed E-state index contributed by atoms with van der Waals surface area (Å²) >= 11 is 0. The quantitative estimate of drug-likeness (QED) is 0.616. The lowest BCUT2D eigenvalue weighted by molar-refractivity contribution is 0.665. The Morgan fingerprint density at radius 1 is 1.36 bits per heavy atom. The van der Waals surface area contributed by atoms with Crippen LogP contribution in [-0.4, -0.2) is 0 Å². The zero-order valence-corrected chi connectivity index (χ0v) is 7.09. The second-order valence-electron chi connectivity index (χ2n) is 2.90. The maximum atomic E-state index is 7.40. The Balaban J connectivity index is 2.66. The van der Waals surface area contributed by atoms with Crippen molar-refractivity contribution in [1.82, 2.24) is 0 Å². The summed E-state index contributed by atoms with van der Waals surface area (Å²) in [7, 11) is 0. The predicted octanol–water partition coefficient (Wildman–Crippen LogP) is 3.59. The molecule has 0 N–H and O–H groups in total. The zero-order valence-electron chi connectivity index (χ0n) is 8.09. The van der Waals surface area contributed by atoms with Gasteiger partial charge in [0.1, 0.15) is 0 Å². The van der Waals surface area contributed by atoms with Crippen molar-refractivity contribution in [3.8, 4) is 0 Å². The van der Waals surface area contributed by atoms with Crippen LogP contribution in [0.15, 0.2) is 30.3 Å². The lowest BCUT2D eigenvalue weighted by Crippen LogP contribution is -1.91. The van der Waals surface area contributed by atoms with Crippen molar-refractivity contribution < 1.29 is 1.37 Å². The van der Waals surface area contributed by atoms with Gasteiger partial charge in [0, 0.05) is 1.37 Å². The fraction of sp³-hybridized carbons (Fsp3) is 0.455. The zero-order chi connectivity index (χ0) is 8.81. The molecule has 1 atom stereocenters. The van der Waals surface area contributed by atoms with E-state index in [4.69, 9.17) is 1.37 Å². The third-order valence-electron chi connectivity index (χ3n) is 1.91. The van der Waals surface area contributed by atoms with Crippen molar-refractivity contribution in [2.75, 3.05) is 0 Å². The van der Waals surface area contributed by atoms with E-state index in [1.165, 1.54) is 12.0 Å². The van der Waals surface area contributed by atoms with E-state index in [2.05, 4.69) is 19.1 Å². The molecule has 0 heteroatoms. The van der Waals surface area contributed by atoms with Crippen LogP contribution in [0.2, 0.25) is 0 Å². The first kappa shape index (κ1) is 6.90. The molecule has 0 amide bonds. The van der Waals surface area contributed by atoms with Crippen LogP contribution >= 0.6 is 0 Å². The van der Waals surface area contributed by atoms with Gasteiger partial charge in [0.15, 0.2) is 0 Å². The molecule has 1 rings (SSSR count). The summed E-state index contributed by atoms with van der Waals surface area (Å²) in [5.74, 6) is 0.441. The minimum atomic E-state index is 0.441. The van der Waals surface area contributed by atoms with Crippen molar-refractivity contribution in [3.05, 3.63) is 35.9 Å².